The van der Waals surface area contributed by atoms with Crippen LogP contribution in [0.5, 0.6) is 0 Å². The SMILES string of the molecule is Cc1ccc(N(CC(=O)N(Cc2ccc(F)cc2)C(Cc2ccccc2)C(=O)NC(C)C)S(=O)(=O)c2ccc(F)cc2)cc1. The van der Waals surface area contributed by atoms with Crippen molar-refractivity contribution in [2.24, 2.45) is 0 Å². The molecule has 0 fully saturated rings. The highest BCUT2D eigenvalue weighted by molar-refractivity contribution is 7.92. The van der Waals surface area contributed by atoms with Crippen molar-refractivity contribution in [1.82, 2.24) is 10.2 Å². The average molecular weight is 620 g/mol. The van der Waals surface area contributed by atoms with Gasteiger partial charge in [0.25, 0.3) is 10.0 Å². The molecule has 0 saturated heterocycles. The Morgan fingerprint density at radius 3 is 1.91 bits per heavy atom. The lowest BCUT2D eigenvalue weighted by Gasteiger charge is -2.34. The van der Waals surface area contributed by atoms with Crippen molar-refractivity contribution >= 4 is 27.5 Å². The fourth-order valence-corrected chi connectivity index (χ4v) is 6.11. The Hall–Kier alpha value is -4.57. The first-order chi connectivity index (χ1) is 20.9. The maximum absolute atomic E-state index is 14.3. The summed E-state index contributed by atoms with van der Waals surface area (Å²) in [6.45, 7) is 4.72. The summed E-state index contributed by atoms with van der Waals surface area (Å²) in [5.41, 5.74) is 2.45. The maximum atomic E-state index is 14.3. The maximum Gasteiger partial charge on any atom is 0.264 e. The monoisotopic (exact) mass is 619 g/mol. The number of nitrogens with zero attached hydrogens (tertiary/aromatic N) is 2. The third-order valence-electron chi connectivity index (χ3n) is 6.97. The van der Waals surface area contributed by atoms with Crippen molar-refractivity contribution in [3.8, 4) is 0 Å². The average Bonchev–Trinajstić information content (AvgIpc) is 2.99. The first kappa shape index (κ1) is 32.3. The second kappa shape index (κ2) is 14.3. The molecular formula is C34H35F2N3O4S. The van der Waals surface area contributed by atoms with E-state index in [1.54, 1.807) is 38.1 Å². The number of hydrogen-bond acceptors (Lipinski definition) is 4. The van der Waals surface area contributed by atoms with E-state index >= 15 is 0 Å². The van der Waals surface area contributed by atoms with Crippen molar-refractivity contribution in [3.05, 3.63) is 131 Å². The highest BCUT2D eigenvalue weighted by Crippen LogP contribution is 2.26. The summed E-state index contributed by atoms with van der Waals surface area (Å²) in [6.07, 6.45) is 0.154. The predicted molar refractivity (Wildman–Crippen MR) is 166 cm³/mol. The molecule has 0 aliphatic rings. The summed E-state index contributed by atoms with van der Waals surface area (Å²) in [5, 5.41) is 2.89. The van der Waals surface area contributed by atoms with Gasteiger partial charge in [0.05, 0.1) is 10.6 Å². The highest BCUT2D eigenvalue weighted by Gasteiger charge is 2.34. The number of benzene rings is 4. The van der Waals surface area contributed by atoms with Crippen molar-refractivity contribution < 1.29 is 26.8 Å². The van der Waals surface area contributed by atoms with Crippen LogP contribution >= 0.6 is 0 Å². The van der Waals surface area contributed by atoms with Crippen LogP contribution in [-0.2, 0) is 32.6 Å². The van der Waals surface area contributed by atoms with Crippen molar-refractivity contribution in [2.45, 2.75) is 50.7 Å². The molecule has 0 aromatic heterocycles. The van der Waals surface area contributed by atoms with E-state index < -0.39 is 46.1 Å². The van der Waals surface area contributed by atoms with Crippen LogP contribution in [0.4, 0.5) is 14.5 Å². The van der Waals surface area contributed by atoms with E-state index in [1.165, 1.54) is 29.2 Å². The fraction of sp³-hybridized carbons (Fsp3) is 0.235. The molecular weight excluding hydrogens is 584 g/mol. The van der Waals surface area contributed by atoms with Gasteiger partial charge in [-0.1, -0.05) is 60.2 Å². The molecule has 10 heteroatoms. The number of anilines is 1. The molecule has 230 valence electrons. The molecule has 44 heavy (non-hydrogen) atoms. The number of rotatable bonds is 12. The summed E-state index contributed by atoms with van der Waals surface area (Å²) in [5.74, 6) is -2.13. The summed E-state index contributed by atoms with van der Waals surface area (Å²) in [6, 6.07) is 24.4. The minimum Gasteiger partial charge on any atom is -0.352 e. The second-order valence-corrected chi connectivity index (χ2v) is 12.7. The van der Waals surface area contributed by atoms with Crippen LogP contribution in [-0.4, -0.2) is 43.8 Å². The van der Waals surface area contributed by atoms with Gasteiger partial charge < -0.3 is 10.2 Å². The number of amides is 2. The van der Waals surface area contributed by atoms with Gasteiger partial charge in [0, 0.05) is 19.0 Å². The zero-order chi connectivity index (χ0) is 31.9. The molecule has 4 aromatic rings. The molecule has 1 unspecified atom stereocenters. The third kappa shape index (κ3) is 8.29. The van der Waals surface area contributed by atoms with E-state index in [4.69, 9.17) is 0 Å². The summed E-state index contributed by atoms with van der Waals surface area (Å²) >= 11 is 0. The van der Waals surface area contributed by atoms with Gasteiger partial charge in [-0.2, -0.15) is 0 Å². The number of aryl methyl sites for hydroxylation is 1. The van der Waals surface area contributed by atoms with Crippen molar-refractivity contribution in [1.29, 1.82) is 0 Å². The van der Waals surface area contributed by atoms with Crippen LogP contribution in [0.2, 0.25) is 0 Å². The van der Waals surface area contributed by atoms with Crippen LogP contribution < -0.4 is 9.62 Å². The van der Waals surface area contributed by atoms with E-state index in [9.17, 15) is 26.8 Å². The van der Waals surface area contributed by atoms with Gasteiger partial charge in [-0.3, -0.25) is 13.9 Å². The lowest BCUT2D eigenvalue weighted by atomic mass is 10.0. The lowest BCUT2D eigenvalue weighted by Crippen LogP contribution is -2.54. The number of hydrogen-bond donors (Lipinski definition) is 1. The molecule has 7 nitrogen and oxygen atoms in total. The molecule has 0 radical (unpaired) electrons. The molecule has 1 atom stereocenters. The van der Waals surface area contributed by atoms with Gasteiger partial charge in [0.1, 0.15) is 24.2 Å². The number of halogens is 2. The molecule has 1 N–H and O–H groups in total. The van der Waals surface area contributed by atoms with E-state index in [1.807, 2.05) is 37.3 Å². The Kier molecular flexibility index (Phi) is 10.5. The van der Waals surface area contributed by atoms with Crippen LogP contribution in [0.25, 0.3) is 0 Å². The number of carbonyl (C=O) groups excluding carboxylic acids is 2. The normalized spacial score (nSPS) is 12.0. The van der Waals surface area contributed by atoms with Crippen LogP contribution in [0.1, 0.15) is 30.5 Å². The largest absolute Gasteiger partial charge is 0.352 e. The molecule has 0 spiro atoms. The Labute approximate surface area is 257 Å². The zero-order valence-electron chi connectivity index (χ0n) is 24.8. The van der Waals surface area contributed by atoms with Gasteiger partial charge in [-0.15, -0.1) is 0 Å². The molecule has 0 aliphatic carbocycles. The lowest BCUT2D eigenvalue weighted by molar-refractivity contribution is -0.140. The first-order valence-electron chi connectivity index (χ1n) is 14.2. The molecule has 2 amide bonds. The highest BCUT2D eigenvalue weighted by atomic mass is 32.2. The standard InChI is InChI=1S/C34H35F2N3O4S/c1-24(2)37-34(41)32(21-26-7-5-4-6-8-26)38(22-27-11-13-28(35)14-12-27)33(40)23-39(30-17-9-25(3)10-18-30)44(42,43)31-19-15-29(36)16-20-31/h4-20,24,32H,21-23H2,1-3H3,(H,37,41). The zero-order valence-corrected chi connectivity index (χ0v) is 25.6. The smallest absolute Gasteiger partial charge is 0.264 e. The van der Waals surface area contributed by atoms with Gasteiger partial charge >= 0.3 is 0 Å². The van der Waals surface area contributed by atoms with E-state index in [-0.39, 0.29) is 29.6 Å². The summed E-state index contributed by atoms with van der Waals surface area (Å²) in [7, 11) is -4.35. The molecule has 0 aliphatic heterocycles. The Bertz CT molecular complexity index is 1660. The molecule has 0 saturated carbocycles. The number of nitrogens with one attached hydrogen (secondary N) is 1. The fourth-order valence-electron chi connectivity index (χ4n) is 4.69. The summed E-state index contributed by atoms with van der Waals surface area (Å²) < 4.78 is 56.3. The molecule has 4 rings (SSSR count). The Balaban J connectivity index is 1.79. The Morgan fingerprint density at radius 1 is 0.773 bits per heavy atom. The number of carbonyl (C=O) groups is 2. The van der Waals surface area contributed by atoms with Gasteiger partial charge in [-0.05, 0) is 80.4 Å². The van der Waals surface area contributed by atoms with Gasteiger partial charge in [0.2, 0.25) is 11.8 Å². The Morgan fingerprint density at radius 2 is 1.34 bits per heavy atom. The summed E-state index contributed by atoms with van der Waals surface area (Å²) in [4.78, 5) is 29.1. The van der Waals surface area contributed by atoms with Gasteiger partial charge in [-0.25, -0.2) is 17.2 Å². The molecule has 0 bridgehead atoms. The predicted octanol–water partition coefficient (Wildman–Crippen LogP) is 5.63. The minimum atomic E-state index is -4.35. The van der Waals surface area contributed by atoms with Crippen molar-refractivity contribution in [3.63, 3.8) is 0 Å². The number of sulfonamides is 1. The van der Waals surface area contributed by atoms with E-state index in [0.717, 1.165) is 39.7 Å². The minimum absolute atomic E-state index is 0.0829. The third-order valence-corrected chi connectivity index (χ3v) is 8.76. The topological polar surface area (TPSA) is 86.8 Å². The quantitative estimate of drug-likeness (QED) is 0.223. The van der Waals surface area contributed by atoms with E-state index in [2.05, 4.69) is 5.32 Å². The van der Waals surface area contributed by atoms with E-state index in [0.29, 0.717) is 5.56 Å². The van der Waals surface area contributed by atoms with Crippen LogP contribution in [0.3, 0.4) is 0 Å². The van der Waals surface area contributed by atoms with Crippen LogP contribution in [0, 0.1) is 18.6 Å². The first-order valence-corrected chi connectivity index (χ1v) is 15.6. The van der Waals surface area contributed by atoms with Gasteiger partial charge in [0.15, 0.2) is 0 Å². The molecule has 0 heterocycles. The van der Waals surface area contributed by atoms with Crippen molar-refractivity contribution in [2.75, 3.05) is 10.8 Å². The molecule has 4 aromatic carbocycles. The second-order valence-electron chi connectivity index (χ2n) is 10.8. The van der Waals surface area contributed by atoms with Crippen LogP contribution in [0.15, 0.2) is 108 Å².